The van der Waals surface area contributed by atoms with Gasteiger partial charge in [-0.15, -0.1) is 11.3 Å². The molecule has 88 valence electrons. The van der Waals surface area contributed by atoms with Crippen LogP contribution in [-0.2, 0) is 5.75 Å². The van der Waals surface area contributed by atoms with Gasteiger partial charge in [-0.25, -0.2) is 4.98 Å². The van der Waals surface area contributed by atoms with Crippen molar-refractivity contribution in [2.24, 2.45) is 4.99 Å². The van der Waals surface area contributed by atoms with Crippen molar-refractivity contribution in [3.05, 3.63) is 27.9 Å². The molecular formula is C11H10N2S4. The molecule has 0 atom stereocenters. The number of hydrogen-bond donors (Lipinski definition) is 0. The van der Waals surface area contributed by atoms with Gasteiger partial charge in [-0.3, -0.25) is 4.99 Å². The Labute approximate surface area is 117 Å². The lowest BCUT2D eigenvalue weighted by Crippen LogP contribution is -1.85. The van der Waals surface area contributed by atoms with Gasteiger partial charge in [0.1, 0.15) is 9.38 Å². The molecule has 0 fully saturated rings. The zero-order valence-corrected chi connectivity index (χ0v) is 12.2. The Balaban J connectivity index is 1.64. The average molecular weight is 298 g/mol. The molecule has 0 aromatic carbocycles. The monoisotopic (exact) mass is 298 g/mol. The molecule has 0 radical (unpaired) electrons. The zero-order chi connectivity index (χ0) is 11.5. The quantitative estimate of drug-likeness (QED) is 0.849. The maximum Gasteiger partial charge on any atom is 0.125 e. The Morgan fingerprint density at radius 2 is 2.35 bits per heavy atom. The van der Waals surface area contributed by atoms with E-state index in [9.17, 15) is 0 Å². The van der Waals surface area contributed by atoms with Crippen LogP contribution >= 0.6 is 46.2 Å². The lowest BCUT2D eigenvalue weighted by atomic mass is 10.4. The van der Waals surface area contributed by atoms with Gasteiger partial charge in [-0.1, -0.05) is 23.5 Å². The van der Waals surface area contributed by atoms with E-state index in [4.69, 9.17) is 0 Å². The lowest BCUT2D eigenvalue weighted by Gasteiger charge is -1.96. The fourth-order valence-corrected chi connectivity index (χ4v) is 4.97. The predicted octanol–water partition coefficient (Wildman–Crippen LogP) is 4.21. The largest absolute Gasteiger partial charge is 0.271 e. The van der Waals surface area contributed by atoms with Crippen molar-refractivity contribution in [3.8, 4) is 10.6 Å². The third kappa shape index (κ3) is 2.93. The summed E-state index contributed by atoms with van der Waals surface area (Å²) in [6, 6.07) is 2.12. The van der Waals surface area contributed by atoms with Gasteiger partial charge >= 0.3 is 0 Å². The minimum Gasteiger partial charge on any atom is -0.271 e. The Kier molecular flexibility index (Phi) is 3.85. The first kappa shape index (κ1) is 11.8. The average Bonchev–Trinajstić information content (AvgIpc) is 3.09. The van der Waals surface area contributed by atoms with E-state index in [1.165, 1.54) is 9.94 Å². The summed E-state index contributed by atoms with van der Waals surface area (Å²) in [7, 11) is 0. The highest BCUT2D eigenvalue weighted by molar-refractivity contribution is 8.38. The number of nitrogens with zero attached hydrogens (tertiary/aromatic N) is 2. The number of thiophene rings is 1. The molecule has 0 bridgehead atoms. The van der Waals surface area contributed by atoms with Crippen molar-refractivity contribution >= 4 is 50.6 Å². The number of thioether (sulfide) groups is 2. The topological polar surface area (TPSA) is 25.2 Å². The fraction of sp³-hybridized carbons (Fsp3) is 0.273. The molecule has 0 unspecified atom stereocenters. The summed E-state index contributed by atoms with van der Waals surface area (Å²) in [6.45, 7) is 0.976. The van der Waals surface area contributed by atoms with Crippen molar-refractivity contribution in [1.82, 2.24) is 4.98 Å². The van der Waals surface area contributed by atoms with Crippen LogP contribution in [0.3, 0.4) is 0 Å². The number of thiazole rings is 1. The summed E-state index contributed by atoms with van der Waals surface area (Å²) in [4.78, 5) is 9.08. The van der Waals surface area contributed by atoms with Gasteiger partial charge in [0.15, 0.2) is 0 Å². The molecule has 3 rings (SSSR count). The molecule has 6 heteroatoms. The van der Waals surface area contributed by atoms with Gasteiger partial charge < -0.3 is 0 Å². The molecule has 2 aromatic rings. The number of rotatable bonds is 3. The number of hydrogen-bond acceptors (Lipinski definition) is 6. The first-order valence-corrected chi connectivity index (χ1v) is 8.98. The standard InChI is InChI=1S/C11H10N2S4/c1-3-14-5-8(1)10-13-9(6-16-10)7-17-11-12-2-4-15-11/h1,3,5-6H,2,4,7H2. The maximum absolute atomic E-state index is 4.65. The van der Waals surface area contributed by atoms with Gasteiger partial charge in [0.05, 0.1) is 12.2 Å². The first-order valence-electron chi connectivity index (χ1n) is 5.19. The Bertz CT molecular complexity index is 515. The highest BCUT2D eigenvalue weighted by atomic mass is 32.2. The summed E-state index contributed by atoms with van der Waals surface area (Å²) in [5.74, 6) is 2.08. The molecule has 0 aliphatic carbocycles. The second-order valence-corrected chi connectivity index (χ2v) is 7.39. The minimum atomic E-state index is 0.937. The normalized spacial score (nSPS) is 15.2. The van der Waals surface area contributed by atoms with Gasteiger partial charge in [-0.05, 0) is 11.4 Å². The third-order valence-electron chi connectivity index (χ3n) is 2.22. The molecular weight excluding hydrogens is 288 g/mol. The summed E-state index contributed by atoms with van der Waals surface area (Å²) in [5, 5.41) is 7.52. The molecule has 0 N–H and O–H groups in total. The first-order chi connectivity index (χ1) is 8.42. The summed E-state index contributed by atoms with van der Waals surface area (Å²) >= 11 is 7.11. The van der Waals surface area contributed by atoms with Crippen LogP contribution in [0.5, 0.6) is 0 Å². The molecule has 1 aliphatic heterocycles. The molecule has 17 heavy (non-hydrogen) atoms. The van der Waals surface area contributed by atoms with Crippen LogP contribution in [0.25, 0.3) is 10.6 Å². The molecule has 2 nitrogen and oxygen atoms in total. The molecule has 0 amide bonds. The number of aliphatic imine (C=N–C) groups is 1. The van der Waals surface area contributed by atoms with Crippen LogP contribution in [0.1, 0.15) is 5.69 Å². The van der Waals surface area contributed by atoms with Gasteiger partial charge in [-0.2, -0.15) is 11.3 Å². The van der Waals surface area contributed by atoms with E-state index < -0.39 is 0 Å². The fourth-order valence-electron chi connectivity index (χ4n) is 1.43. The maximum atomic E-state index is 4.65. The van der Waals surface area contributed by atoms with Gasteiger partial charge in [0.2, 0.25) is 0 Å². The smallest absolute Gasteiger partial charge is 0.125 e. The van der Waals surface area contributed by atoms with Crippen molar-refractivity contribution < 1.29 is 0 Å². The van der Waals surface area contributed by atoms with Crippen molar-refractivity contribution in [3.63, 3.8) is 0 Å². The molecule has 0 spiro atoms. The highest BCUT2D eigenvalue weighted by Crippen LogP contribution is 2.29. The van der Waals surface area contributed by atoms with Crippen molar-refractivity contribution in [1.29, 1.82) is 0 Å². The van der Waals surface area contributed by atoms with E-state index in [0.29, 0.717) is 0 Å². The zero-order valence-electron chi connectivity index (χ0n) is 8.96. The van der Waals surface area contributed by atoms with Gasteiger partial charge in [0, 0.05) is 27.8 Å². The predicted molar refractivity (Wildman–Crippen MR) is 81.5 cm³/mol. The van der Waals surface area contributed by atoms with Crippen LogP contribution < -0.4 is 0 Å². The van der Waals surface area contributed by atoms with E-state index in [2.05, 4.69) is 32.2 Å². The highest BCUT2D eigenvalue weighted by Gasteiger charge is 2.10. The SMILES string of the molecule is c1cc(-c2nc(CSC3=NCCS3)cs2)cs1. The van der Waals surface area contributed by atoms with Crippen LogP contribution in [0, 0.1) is 0 Å². The minimum absolute atomic E-state index is 0.937. The van der Waals surface area contributed by atoms with Gasteiger partial charge in [0.25, 0.3) is 0 Å². The summed E-state index contributed by atoms with van der Waals surface area (Å²) in [6.07, 6.45) is 0. The molecule has 2 aromatic heterocycles. The van der Waals surface area contributed by atoms with Crippen molar-refractivity contribution in [2.75, 3.05) is 12.3 Å². The number of aromatic nitrogens is 1. The van der Waals surface area contributed by atoms with E-state index in [1.54, 1.807) is 22.7 Å². The summed E-state index contributed by atoms with van der Waals surface area (Å²) < 4.78 is 1.22. The van der Waals surface area contributed by atoms with Crippen molar-refractivity contribution in [2.45, 2.75) is 5.75 Å². The Morgan fingerprint density at radius 3 is 3.12 bits per heavy atom. The van der Waals surface area contributed by atoms with E-state index in [1.807, 2.05) is 23.5 Å². The second kappa shape index (κ2) is 5.56. The van der Waals surface area contributed by atoms with Crippen LogP contribution in [-0.4, -0.2) is 21.7 Å². The molecule has 3 heterocycles. The van der Waals surface area contributed by atoms with E-state index >= 15 is 0 Å². The second-order valence-electron chi connectivity index (χ2n) is 3.44. The molecule has 1 aliphatic rings. The van der Waals surface area contributed by atoms with E-state index in [0.717, 1.165) is 28.8 Å². The van der Waals surface area contributed by atoms with E-state index in [-0.39, 0.29) is 0 Å². The Morgan fingerprint density at radius 1 is 1.35 bits per heavy atom. The third-order valence-corrected chi connectivity index (χ3v) is 6.13. The van der Waals surface area contributed by atoms with Crippen LogP contribution in [0.15, 0.2) is 27.2 Å². The van der Waals surface area contributed by atoms with Crippen LogP contribution in [0.2, 0.25) is 0 Å². The molecule has 0 saturated heterocycles. The van der Waals surface area contributed by atoms with Crippen LogP contribution in [0.4, 0.5) is 0 Å². The molecule has 0 saturated carbocycles. The Hall–Kier alpha value is -0.300. The lowest BCUT2D eigenvalue weighted by molar-refractivity contribution is 1.18. The summed E-state index contributed by atoms with van der Waals surface area (Å²) in [5.41, 5.74) is 2.40.